The van der Waals surface area contributed by atoms with Crippen molar-refractivity contribution >= 4 is 22.7 Å². The highest BCUT2D eigenvalue weighted by Crippen LogP contribution is 2.24. The molecule has 6 nitrogen and oxygen atoms in total. The molecule has 1 N–H and O–H groups in total. The fourth-order valence-corrected chi connectivity index (χ4v) is 4.37. The molecule has 2 aromatic rings. The number of fused-ring (bicyclic) bond motifs is 1. The zero-order chi connectivity index (χ0) is 19.5. The Bertz CT molecular complexity index is 846. The lowest BCUT2D eigenvalue weighted by molar-refractivity contribution is -0.128. The summed E-state index contributed by atoms with van der Waals surface area (Å²) in [5.41, 5.74) is 1.86. The van der Waals surface area contributed by atoms with Gasteiger partial charge in [-0.2, -0.15) is 0 Å². The van der Waals surface area contributed by atoms with Crippen molar-refractivity contribution < 1.29 is 14.3 Å². The summed E-state index contributed by atoms with van der Waals surface area (Å²) in [6.45, 7) is 3.59. The van der Waals surface area contributed by atoms with Crippen molar-refractivity contribution in [2.24, 2.45) is 18.9 Å². The lowest BCUT2D eigenvalue weighted by Gasteiger charge is -2.32. The molecule has 0 bridgehead atoms. The highest BCUT2D eigenvalue weighted by Gasteiger charge is 2.27. The number of nitrogens with one attached hydrogen (secondary N) is 1. The lowest BCUT2D eigenvalue weighted by Crippen LogP contribution is -2.43. The summed E-state index contributed by atoms with van der Waals surface area (Å²) in [5.74, 6) is 0.821. The van der Waals surface area contributed by atoms with Crippen LogP contribution in [0.4, 0.5) is 0 Å². The van der Waals surface area contributed by atoms with Crippen molar-refractivity contribution in [3.05, 3.63) is 36.0 Å². The number of amides is 2. The van der Waals surface area contributed by atoms with Crippen LogP contribution < -0.4 is 5.32 Å². The number of rotatable bonds is 4. The van der Waals surface area contributed by atoms with Crippen molar-refractivity contribution in [1.82, 2.24) is 14.8 Å². The van der Waals surface area contributed by atoms with Gasteiger partial charge in [0.05, 0.1) is 5.56 Å². The topological polar surface area (TPSA) is 63.6 Å². The molecule has 0 saturated carbocycles. The molecule has 2 amide bonds. The van der Waals surface area contributed by atoms with E-state index in [4.69, 9.17) is 4.74 Å². The monoisotopic (exact) mass is 383 g/mol. The zero-order valence-corrected chi connectivity index (χ0v) is 16.5. The molecular weight excluding hydrogens is 354 g/mol. The molecule has 0 spiro atoms. The van der Waals surface area contributed by atoms with E-state index in [1.54, 1.807) is 0 Å². The predicted molar refractivity (Wildman–Crippen MR) is 108 cm³/mol. The molecule has 0 radical (unpaired) electrons. The number of nitrogens with zero attached hydrogens (tertiary/aromatic N) is 2. The first-order valence-electron chi connectivity index (χ1n) is 10.3. The van der Waals surface area contributed by atoms with Gasteiger partial charge in [0.25, 0.3) is 5.91 Å². The van der Waals surface area contributed by atoms with Gasteiger partial charge in [0.15, 0.2) is 0 Å². The first-order valence-corrected chi connectivity index (χ1v) is 10.3. The first-order chi connectivity index (χ1) is 13.6. The fraction of sp³-hybridized carbons (Fsp3) is 0.545. The number of aromatic nitrogens is 1. The number of benzene rings is 1. The van der Waals surface area contributed by atoms with Crippen LogP contribution in [0.25, 0.3) is 10.9 Å². The highest BCUT2D eigenvalue weighted by molar-refractivity contribution is 6.07. The number of piperidine rings is 1. The Morgan fingerprint density at radius 2 is 1.82 bits per heavy atom. The van der Waals surface area contributed by atoms with Crippen molar-refractivity contribution in [3.63, 3.8) is 0 Å². The van der Waals surface area contributed by atoms with Gasteiger partial charge >= 0.3 is 0 Å². The van der Waals surface area contributed by atoms with Gasteiger partial charge in [-0.3, -0.25) is 9.59 Å². The standard InChI is InChI=1S/C22H29N3O3/c1-24-15-19(18-4-2-3-5-20(18)24)22(27)25-10-6-16(7-11-25)14-23-21(26)17-8-12-28-13-9-17/h2-5,15-17H,6-14H2,1H3,(H,23,26). The molecule has 28 heavy (non-hydrogen) atoms. The molecule has 0 unspecified atom stereocenters. The number of ether oxygens (including phenoxy) is 1. The van der Waals surface area contributed by atoms with Gasteiger partial charge in [-0.05, 0) is 37.7 Å². The molecule has 2 fully saturated rings. The van der Waals surface area contributed by atoms with Crippen molar-refractivity contribution in [3.8, 4) is 0 Å². The van der Waals surface area contributed by atoms with E-state index >= 15 is 0 Å². The molecule has 3 heterocycles. The average Bonchev–Trinajstić information content (AvgIpc) is 3.09. The van der Waals surface area contributed by atoms with E-state index in [1.807, 2.05) is 47.0 Å². The first kappa shape index (κ1) is 19.0. The number of para-hydroxylation sites is 1. The molecule has 6 heteroatoms. The summed E-state index contributed by atoms with van der Waals surface area (Å²) in [6.07, 6.45) is 5.45. The van der Waals surface area contributed by atoms with Gasteiger partial charge in [0.2, 0.25) is 5.91 Å². The molecule has 150 valence electrons. The minimum atomic E-state index is 0.0989. The van der Waals surface area contributed by atoms with Crippen LogP contribution in [0, 0.1) is 11.8 Å². The highest BCUT2D eigenvalue weighted by atomic mass is 16.5. The normalized spacial score (nSPS) is 19.1. The van der Waals surface area contributed by atoms with Crippen LogP contribution in [-0.2, 0) is 16.6 Å². The lowest BCUT2D eigenvalue weighted by atomic mass is 9.95. The summed E-state index contributed by atoms with van der Waals surface area (Å²) in [5, 5.41) is 4.14. The summed E-state index contributed by atoms with van der Waals surface area (Å²) in [7, 11) is 1.98. The summed E-state index contributed by atoms with van der Waals surface area (Å²) >= 11 is 0. The molecule has 1 aromatic carbocycles. The molecule has 2 aliphatic heterocycles. The molecule has 2 aliphatic rings. The fourth-order valence-electron chi connectivity index (χ4n) is 4.37. The maximum Gasteiger partial charge on any atom is 0.256 e. The Morgan fingerprint density at radius 1 is 1.11 bits per heavy atom. The van der Waals surface area contributed by atoms with E-state index in [2.05, 4.69) is 5.32 Å². The Morgan fingerprint density at radius 3 is 2.57 bits per heavy atom. The smallest absolute Gasteiger partial charge is 0.256 e. The van der Waals surface area contributed by atoms with Gasteiger partial charge < -0.3 is 19.5 Å². The van der Waals surface area contributed by atoms with E-state index in [-0.39, 0.29) is 17.7 Å². The predicted octanol–water partition coefficient (Wildman–Crippen LogP) is 2.57. The Kier molecular flexibility index (Phi) is 5.67. The second-order valence-electron chi connectivity index (χ2n) is 8.04. The Hall–Kier alpha value is -2.34. The molecule has 0 atom stereocenters. The van der Waals surface area contributed by atoms with E-state index in [9.17, 15) is 9.59 Å². The van der Waals surface area contributed by atoms with E-state index in [0.717, 1.165) is 55.2 Å². The number of likely N-dealkylation sites (tertiary alicyclic amines) is 1. The van der Waals surface area contributed by atoms with Crippen LogP contribution in [0.2, 0.25) is 0 Å². The van der Waals surface area contributed by atoms with Gasteiger partial charge in [0, 0.05) is 62.9 Å². The summed E-state index contributed by atoms with van der Waals surface area (Å²) < 4.78 is 7.34. The molecular formula is C22H29N3O3. The second-order valence-corrected chi connectivity index (χ2v) is 8.04. The van der Waals surface area contributed by atoms with Crippen molar-refractivity contribution in [1.29, 1.82) is 0 Å². The maximum absolute atomic E-state index is 13.0. The van der Waals surface area contributed by atoms with Crippen LogP contribution in [-0.4, -0.2) is 54.1 Å². The molecule has 4 rings (SSSR count). The second kappa shape index (κ2) is 8.35. The van der Waals surface area contributed by atoms with Crippen molar-refractivity contribution in [2.45, 2.75) is 25.7 Å². The van der Waals surface area contributed by atoms with E-state index < -0.39 is 0 Å². The Balaban J connectivity index is 1.30. The van der Waals surface area contributed by atoms with E-state index in [0.29, 0.717) is 25.7 Å². The Labute approximate surface area is 165 Å². The van der Waals surface area contributed by atoms with Crippen LogP contribution in [0.1, 0.15) is 36.0 Å². The number of aryl methyl sites for hydroxylation is 1. The zero-order valence-electron chi connectivity index (χ0n) is 16.5. The van der Waals surface area contributed by atoms with Crippen LogP contribution >= 0.6 is 0 Å². The maximum atomic E-state index is 13.0. The number of hydrogen-bond donors (Lipinski definition) is 1. The van der Waals surface area contributed by atoms with Crippen molar-refractivity contribution in [2.75, 3.05) is 32.8 Å². The molecule has 2 saturated heterocycles. The van der Waals surface area contributed by atoms with Gasteiger partial charge in [-0.1, -0.05) is 18.2 Å². The van der Waals surface area contributed by atoms with Crippen LogP contribution in [0.15, 0.2) is 30.5 Å². The minimum Gasteiger partial charge on any atom is -0.381 e. The SMILES string of the molecule is Cn1cc(C(=O)N2CCC(CNC(=O)C3CCOCC3)CC2)c2ccccc21. The number of carbonyl (C=O) groups is 2. The third-order valence-electron chi connectivity index (χ3n) is 6.19. The number of carbonyl (C=O) groups excluding carboxylic acids is 2. The summed E-state index contributed by atoms with van der Waals surface area (Å²) in [4.78, 5) is 27.3. The molecule has 0 aliphatic carbocycles. The van der Waals surface area contributed by atoms with Gasteiger partial charge in [0.1, 0.15) is 0 Å². The average molecular weight is 383 g/mol. The van der Waals surface area contributed by atoms with Crippen LogP contribution in [0.3, 0.4) is 0 Å². The molecule has 1 aromatic heterocycles. The third kappa shape index (κ3) is 3.92. The van der Waals surface area contributed by atoms with Gasteiger partial charge in [-0.15, -0.1) is 0 Å². The van der Waals surface area contributed by atoms with Crippen LogP contribution in [0.5, 0.6) is 0 Å². The quantitative estimate of drug-likeness (QED) is 0.883. The van der Waals surface area contributed by atoms with Gasteiger partial charge in [-0.25, -0.2) is 0 Å². The third-order valence-corrected chi connectivity index (χ3v) is 6.19. The minimum absolute atomic E-state index is 0.0989. The largest absolute Gasteiger partial charge is 0.381 e. The number of hydrogen-bond acceptors (Lipinski definition) is 3. The van der Waals surface area contributed by atoms with E-state index in [1.165, 1.54) is 0 Å². The summed E-state index contributed by atoms with van der Waals surface area (Å²) in [6, 6.07) is 8.03.